The van der Waals surface area contributed by atoms with E-state index in [9.17, 15) is 28.8 Å². The zero-order valence-electron chi connectivity index (χ0n) is 67.4. The molecule has 0 bridgehead atoms. The summed E-state index contributed by atoms with van der Waals surface area (Å²) in [5.74, 6) is 0.181. The van der Waals surface area contributed by atoms with E-state index in [1.54, 1.807) is 38.4 Å². The minimum Gasteiger partial charge on any atom is -0.870 e. The molecule has 602 valence electrons. The Hall–Kier alpha value is -10.7. The second kappa shape index (κ2) is 42.0. The molecular formula is C92H100ClLiN12O9S2. The second-order valence-corrected chi connectivity index (χ2v) is 31.6. The molecule has 18 rings (SSSR count). The fourth-order valence-electron chi connectivity index (χ4n) is 15.2. The van der Waals surface area contributed by atoms with E-state index in [4.69, 9.17) is 16.7 Å². The van der Waals surface area contributed by atoms with Gasteiger partial charge in [0.05, 0.1) is 5.56 Å². The molecule has 5 N–H and O–H groups in total. The number of aromatic carboxylic acids is 1. The average molecular weight is 1620 g/mol. The maximum atomic E-state index is 13.2. The Labute approximate surface area is 708 Å². The monoisotopic (exact) mass is 1620 g/mol. The van der Waals surface area contributed by atoms with Gasteiger partial charge < -0.3 is 54.7 Å². The Morgan fingerprint density at radius 3 is 1.21 bits per heavy atom. The summed E-state index contributed by atoms with van der Waals surface area (Å²) < 4.78 is 6.20. The molecule has 0 aliphatic carbocycles. The van der Waals surface area contributed by atoms with E-state index < -0.39 is 5.97 Å². The van der Waals surface area contributed by atoms with E-state index in [2.05, 4.69) is 144 Å². The van der Waals surface area contributed by atoms with Crippen LogP contribution >= 0.6 is 34.3 Å². The van der Waals surface area contributed by atoms with Crippen LogP contribution in [0.5, 0.6) is 0 Å². The smallest absolute Gasteiger partial charge is 0.870 e. The molecule has 117 heavy (non-hydrogen) atoms. The number of alkyl halides is 1. The van der Waals surface area contributed by atoms with Crippen molar-refractivity contribution in [3.63, 3.8) is 0 Å². The molecule has 21 nitrogen and oxygen atoms in total. The molecule has 3 amide bonds. The van der Waals surface area contributed by atoms with Crippen LogP contribution in [0, 0.1) is 0 Å². The molecule has 0 unspecified atom stereocenters. The van der Waals surface area contributed by atoms with E-state index >= 15 is 0 Å². The number of ketones is 2. The number of likely N-dealkylation sites (N-methyl/N-ethyl adjacent to an activating group) is 1. The SMILES string of the molecule is CC(=O)c1ccc2c(Cc3ccccc3)cn(C)c2c1.CC(=O)c1ccc2c(c1)N(C)CC2.ClCc1ccccc1.Cn1cc(Cc2ccccc2)c2ccc(C(=O)N3CC(N4CCN(C(=O)c5nccs5)CC4)C3)cc21.Cn1cc(Cc2ccccc2)c2ccc(C(=O)O)cc21.O.O=C(c1nccs1)N1CCN(C2CNC2)CC1.[Li+].[OH-]. The number of carbonyl (C=O) groups is 6. The van der Waals surface area contributed by atoms with E-state index in [-0.39, 0.29) is 59.1 Å². The summed E-state index contributed by atoms with van der Waals surface area (Å²) in [6.07, 6.45) is 13.5. The van der Waals surface area contributed by atoms with Crippen molar-refractivity contribution >= 4 is 108 Å². The predicted octanol–water partition coefficient (Wildman–Crippen LogP) is 11.1. The number of halogens is 1. The largest absolute Gasteiger partial charge is 1.00 e. The average Bonchev–Trinajstić information content (AvgIpc) is 1.74. The second-order valence-electron chi connectivity index (χ2n) is 29.5. The first-order chi connectivity index (χ1) is 55.3. The van der Waals surface area contributed by atoms with Crippen LogP contribution in [0.15, 0.2) is 236 Å². The molecule has 10 heterocycles. The maximum absolute atomic E-state index is 13.2. The number of hydrogen-bond donors (Lipinski definition) is 2. The Bertz CT molecular complexity index is 5320. The molecule has 0 radical (unpaired) electrons. The van der Waals surface area contributed by atoms with Crippen molar-refractivity contribution in [1.82, 2.24) is 53.5 Å². The third kappa shape index (κ3) is 22.4. The van der Waals surface area contributed by atoms with Gasteiger partial charge in [0.15, 0.2) is 21.6 Å². The van der Waals surface area contributed by atoms with E-state index in [1.807, 2.05) is 154 Å². The molecule has 0 atom stereocenters. The molecule has 5 aromatic heterocycles. The standard InChI is InChI=1S/C28H29N5O2S.C18H17NO.C17H15NO2.C11H16N4OS.C11H13NO.C7H7Cl.Li.2H2O/c1-30-17-22(15-20-5-3-2-4-6-20)24-8-7-21(16-25(24)30)27(34)33-18-23(19-33)31-10-12-32(13-11-31)28(35)26-29-9-14-36-26;1-13(20)15-8-9-17-16(12-19(2)18(17)11-15)10-14-6-4-3-5-7-14;1-18-11-14(9-12-5-3-2-4-6-12)15-8-7-13(17(19)20)10-16(15)18;16-11(10-13-1-6-17-10)15-4-2-14(3-5-15)9-7-12-8-9;1-8(13)10-4-3-9-5-6-12(2)11(9)7-10;8-6-7-4-2-1-3-5-7;;;/h2-9,14,16-17,23H,10-13,15,18-19H2,1H3;3-9,11-12H,10H2,1-2H3;2-8,10-11H,9H2,1H3,(H,19,20);1,6,9,12H,2-5,7-8H2;3-4,7H,5-6H2,1-2H3;1-5H,6H2;;2*1H2/q;;;;;;+1;;/p-1. The quantitative estimate of drug-likeness (QED) is 0.0550. The van der Waals surface area contributed by atoms with Crippen molar-refractivity contribution in [2.45, 2.75) is 57.5 Å². The van der Waals surface area contributed by atoms with Crippen LogP contribution in [-0.4, -0.2) is 204 Å². The first-order valence-corrected chi connectivity index (χ1v) is 41.0. The number of aryl methyl sites for hydroxylation is 3. The van der Waals surface area contributed by atoms with Gasteiger partial charge >= 0.3 is 24.8 Å². The molecular weight excluding hydrogens is 1520 g/mol. The maximum Gasteiger partial charge on any atom is 1.00 e. The number of hydrogen-bond acceptors (Lipinski definition) is 15. The number of amides is 3. The van der Waals surface area contributed by atoms with Gasteiger partial charge in [-0.05, 0) is 120 Å². The van der Waals surface area contributed by atoms with Gasteiger partial charge in [-0.1, -0.05) is 158 Å². The van der Waals surface area contributed by atoms with Crippen molar-refractivity contribution < 1.29 is 63.7 Å². The Balaban J connectivity index is 0.000000156. The predicted molar refractivity (Wildman–Crippen MR) is 464 cm³/mol. The molecule has 5 aliphatic heterocycles. The molecule has 0 saturated carbocycles. The molecule has 5 aliphatic rings. The molecule has 4 fully saturated rings. The normalized spacial score (nSPS) is 14.4. The summed E-state index contributed by atoms with van der Waals surface area (Å²) in [4.78, 5) is 92.5. The van der Waals surface area contributed by atoms with Crippen LogP contribution in [0.25, 0.3) is 32.7 Å². The van der Waals surface area contributed by atoms with Crippen LogP contribution in [0.2, 0.25) is 0 Å². The van der Waals surface area contributed by atoms with Gasteiger partial charge in [-0.2, -0.15) is 0 Å². The van der Waals surface area contributed by atoms with E-state index in [0.29, 0.717) is 46.6 Å². The minimum atomic E-state index is -0.891. The van der Waals surface area contributed by atoms with Gasteiger partial charge in [0, 0.05) is 228 Å². The summed E-state index contributed by atoms with van der Waals surface area (Å²) in [5.41, 5.74) is 17.2. The number of rotatable bonds is 15. The minimum absolute atomic E-state index is 0. The number of nitrogens with one attached hydrogen (secondary N) is 1. The third-order valence-electron chi connectivity index (χ3n) is 21.8. The number of Topliss-reactive ketones (excluding diaryl/α,β-unsaturated/α-hetero) is 2. The number of thiazole rings is 2. The van der Waals surface area contributed by atoms with Gasteiger partial charge in [-0.25, -0.2) is 14.8 Å². The molecule has 13 aromatic rings. The summed E-state index contributed by atoms with van der Waals surface area (Å²) in [6.45, 7) is 14.7. The van der Waals surface area contributed by atoms with E-state index in [1.165, 1.54) is 83.6 Å². The number of carboxylic acids is 1. The van der Waals surface area contributed by atoms with Crippen LogP contribution < -0.4 is 29.1 Å². The molecule has 0 spiro atoms. The fraction of sp³-hybridized carbons (Fsp3) is 0.283. The fourth-order valence-corrected chi connectivity index (χ4v) is 16.5. The Morgan fingerprint density at radius 1 is 0.453 bits per heavy atom. The van der Waals surface area contributed by atoms with Gasteiger partial charge in [0.2, 0.25) is 0 Å². The van der Waals surface area contributed by atoms with Gasteiger partial charge in [-0.15, -0.1) is 34.3 Å². The Kier molecular flexibility index (Phi) is 31.8. The number of anilines is 1. The number of likely N-dealkylation sites (tertiary alicyclic amines) is 1. The third-order valence-corrected chi connectivity index (χ3v) is 23.7. The number of aromatic nitrogens is 5. The van der Waals surface area contributed by atoms with Crippen LogP contribution in [0.3, 0.4) is 0 Å². The Morgan fingerprint density at radius 2 is 0.829 bits per heavy atom. The van der Waals surface area contributed by atoms with E-state index in [0.717, 1.165) is 136 Å². The van der Waals surface area contributed by atoms with Crippen molar-refractivity contribution in [3.8, 4) is 0 Å². The van der Waals surface area contributed by atoms with Crippen LogP contribution in [0.4, 0.5) is 5.69 Å². The van der Waals surface area contributed by atoms with Crippen molar-refractivity contribution in [2.75, 3.05) is 97.0 Å². The van der Waals surface area contributed by atoms with Crippen LogP contribution in [-0.2, 0) is 52.7 Å². The van der Waals surface area contributed by atoms with Gasteiger partial charge in [-0.3, -0.25) is 33.8 Å². The zero-order valence-corrected chi connectivity index (χ0v) is 69.7. The first-order valence-electron chi connectivity index (χ1n) is 38.7. The molecule has 25 heteroatoms. The van der Waals surface area contributed by atoms with Crippen molar-refractivity contribution in [3.05, 3.63) is 313 Å². The molecule has 8 aromatic carbocycles. The first kappa shape index (κ1) is 88.7. The number of fused-ring (bicyclic) bond motifs is 4. The number of piperazine rings is 2. The topological polar surface area (TPSA) is 256 Å². The number of carboxylic acid groups (broad SMARTS) is 1. The summed E-state index contributed by atoms with van der Waals surface area (Å²) in [7, 11) is 8.09. The zero-order chi connectivity index (χ0) is 79.8. The summed E-state index contributed by atoms with van der Waals surface area (Å²) in [6, 6.07) is 65.5. The van der Waals surface area contributed by atoms with Crippen LogP contribution in [0.1, 0.15) is 119 Å². The van der Waals surface area contributed by atoms with Gasteiger partial charge in [0.25, 0.3) is 17.7 Å². The van der Waals surface area contributed by atoms with Crippen molar-refractivity contribution in [2.24, 2.45) is 21.1 Å². The van der Waals surface area contributed by atoms with Gasteiger partial charge in [0.1, 0.15) is 0 Å². The summed E-state index contributed by atoms with van der Waals surface area (Å²) in [5, 5.41) is 20.7. The number of carbonyl (C=O) groups excluding carboxylic acids is 5. The number of benzene rings is 8. The summed E-state index contributed by atoms with van der Waals surface area (Å²) >= 11 is 8.34. The van der Waals surface area contributed by atoms with Crippen molar-refractivity contribution in [1.29, 1.82) is 0 Å². The molecule has 4 saturated heterocycles. The number of nitrogens with zero attached hydrogens (tertiary/aromatic N) is 11.